The number of anilines is 4. The Labute approximate surface area is 209 Å². The molecule has 5 heterocycles. The van der Waals surface area contributed by atoms with Gasteiger partial charge in [-0.1, -0.05) is 6.07 Å². The number of aromatic nitrogens is 4. The molecular weight excluding hydrogens is 460 g/mol. The van der Waals surface area contributed by atoms with Gasteiger partial charge in [-0.25, -0.2) is 9.97 Å². The highest BCUT2D eigenvalue weighted by atomic mass is 16.5. The lowest BCUT2D eigenvalue weighted by Gasteiger charge is -2.39. The zero-order valence-corrected chi connectivity index (χ0v) is 20.4. The summed E-state index contributed by atoms with van der Waals surface area (Å²) >= 11 is 0. The van der Waals surface area contributed by atoms with E-state index in [1.54, 1.807) is 11.6 Å². The van der Waals surface area contributed by atoms with Crippen LogP contribution in [0.3, 0.4) is 0 Å². The third kappa shape index (κ3) is 4.22. The fourth-order valence-electron chi connectivity index (χ4n) is 5.36. The number of ether oxygens (including phenoxy) is 1. The summed E-state index contributed by atoms with van der Waals surface area (Å²) < 4.78 is 7.65. The Morgan fingerprint density at radius 2 is 2.03 bits per heavy atom. The van der Waals surface area contributed by atoms with E-state index in [4.69, 9.17) is 9.72 Å². The van der Waals surface area contributed by atoms with E-state index in [1.165, 1.54) is 6.20 Å². The van der Waals surface area contributed by atoms with Crippen LogP contribution in [0.1, 0.15) is 48.9 Å². The van der Waals surface area contributed by atoms with Crippen molar-refractivity contribution in [3.63, 3.8) is 0 Å². The molecule has 3 aliphatic rings. The summed E-state index contributed by atoms with van der Waals surface area (Å²) in [6.45, 7) is 2.73. The molecule has 0 bridgehead atoms. The normalized spacial score (nSPS) is 23.0. The van der Waals surface area contributed by atoms with Gasteiger partial charge in [0.2, 0.25) is 0 Å². The molecule has 1 aliphatic carbocycles. The van der Waals surface area contributed by atoms with Gasteiger partial charge in [0.05, 0.1) is 23.9 Å². The topological polar surface area (TPSA) is 129 Å². The number of aliphatic hydroxyl groups is 1. The van der Waals surface area contributed by atoms with Crippen LogP contribution in [-0.2, 0) is 4.74 Å². The average Bonchev–Trinajstić information content (AvgIpc) is 3.54. The highest BCUT2D eigenvalue weighted by Crippen LogP contribution is 2.36. The van der Waals surface area contributed by atoms with Crippen LogP contribution in [0.15, 0.2) is 30.5 Å². The lowest BCUT2D eigenvalue weighted by molar-refractivity contribution is -0.0147. The lowest BCUT2D eigenvalue weighted by Crippen LogP contribution is -2.50. The first kappa shape index (κ1) is 23.0. The number of rotatable bonds is 6. The molecular formula is C25H32N8O3. The Morgan fingerprint density at radius 1 is 1.17 bits per heavy atom. The van der Waals surface area contributed by atoms with Crippen molar-refractivity contribution >= 4 is 34.8 Å². The van der Waals surface area contributed by atoms with Crippen molar-refractivity contribution in [1.82, 2.24) is 24.9 Å². The SMILES string of the molecule is CNc1cc(Nc2cccc(N3CCC4(CCCO4)CC3)n2)nc2c(C(=O)N[C@H]3CC[C@H]3O)cnn12. The Bertz CT molecular complexity index is 1260. The van der Waals surface area contributed by atoms with Gasteiger partial charge in [-0.3, -0.25) is 4.79 Å². The fraction of sp³-hybridized carbons (Fsp3) is 0.520. The quantitative estimate of drug-likeness (QED) is 0.410. The largest absolute Gasteiger partial charge is 0.391 e. The fourth-order valence-corrected chi connectivity index (χ4v) is 5.36. The van der Waals surface area contributed by atoms with E-state index in [9.17, 15) is 9.90 Å². The van der Waals surface area contributed by atoms with Crippen LogP contribution >= 0.6 is 0 Å². The number of amides is 1. The number of piperidine rings is 1. The summed E-state index contributed by atoms with van der Waals surface area (Å²) in [4.78, 5) is 24.7. The number of pyridine rings is 1. The van der Waals surface area contributed by atoms with Crippen LogP contribution in [-0.4, -0.2) is 75.1 Å². The van der Waals surface area contributed by atoms with E-state index < -0.39 is 6.10 Å². The molecule has 1 spiro atoms. The van der Waals surface area contributed by atoms with Crippen LogP contribution in [0.2, 0.25) is 0 Å². The summed E-state index contributed by atoms with van der Waals surface area (Å²) in [7, 11) is 1.79. The van der Waals surface area contributed by atoms with E-state index in [2.05, 4.69) is 30.9 Å². The molecule has 2 atom stereocenters. The second-order valence-corrected chi connectivity index (χ2v) is 9.92. The minimum atomic E-state index is -0.497. The molecule has 6 rings (SSSR count). The van der Waals surface area contributed by atoms with Crippen molar-refractivity contribution in [1.29, 1.82) is 0 Å². The molecule has 3 fully saturated rings. The number of hydrogen-bond acceptors (Lipinski definition) is 9. The molecule has 190 valence electrons. The maximum Gasteiger partial charge on any atom is 0.257 e. The minimum Gasteiger partial charge on any atom is -0.391 e. The zero-order valence-electron chi connectivity index (χ0n) is 20.4. The van der Waals surface area contributed by atoms with Crippen LogP contribution in [0.5, 0.6) is 0 Å². The van der Waals surface area contributed by atoms with Gasteiger partial charge in [0.15, 0.2) is 5.65 Å². The standard InChI is InChI=1S/C25H32N8O3/c1-26-22-14-20(31-23-16(15-27-33(22)23)24(35)28-17-6-7-18(17)34)29-19-4-2-5-21(30-19)32-11-9-25(10-12-32)8-3-13-36-25/h2,4-5,14-15,17-18,26,34H,3,6-13H2,1H3,(H,28,35)(H,29,30,31)/t17-,18+/m0/s1. The number of nitrogens with zero attached hydrogens (tertiary/aromatic N) is 5. The van der Waals surface area contributed by atoms with E-state index in [0.29, 0.717) is 35.1 Å². The first-order valence-corrected chi connectivity index (χ1v) is 12.7. The minimum absolute atomic E-state index is 0.0706. The van der Waals surface area contributed by atoms with Gasteiger partial charge in [-0.2, -0.15) is 9.61 Å². The molecule has 1 amide bonds. The van der Waals surface area contributed by atoms with Crippen molar-refractivity contribution in [3.05, 3.63) is 36.0 Å². The smallest absolute Gasteiger partial charge is 0.257 e. The zero-order chi connectivity index (χ0) is 24.7. The van der Waals surface area contributed by atoms with Crippen LogP contribution < -0.4 is 20.9 Å². The van der Waals surface area contributed by atoms with Crippen molar-refractivity contribution < 1.29 is 14.6 Å². The first-order valence-electron chi connectivity index (χ1n) is 12.7. The summed E-state index contributed by atoms with van der Waals surface area (Å²) in [5, 5.41) is 23.5. The highest BCUT2D eigenvalue weighted by Gasteiger charge is 2.38. The molecule has 3 aromatic heterocycles. The third-order valence-corrected chi connectivity index (χ3v) is 7.70. The molecule has 3 aromatic rings. The number of fused-ring (bicyclic) bond motifs is 1. The van der Waals surface area contributed by atoms with Gasteiger partial charge in [0.1, 0.15) is 28.8 Å². The Kier molecular flexibility index (Phi) is 5.88. The van der Waals surface area contributed by atoms with Gasteiger partial charge in [-0.15, -0.1) is 0 Å². The average molecular weight is 493 g/mol. The molecule has 2 aliphatic heterocycles. The van der Waals surface area contributed by atoms with Crippen molar-refractivity contribution in [2.75, 3.05) is 42.3 Å². The van der Waals surface area contributed by atoms with E-state index in [1.807, 2.05) is 24.3 Å². The van der Waals surface area contributed by atoms with Gasteiger partial charge < -0.3 is 30.7 Å². The molecule has 11 heteroatoms. The molecule has 11 nitrogen and oxygen atoms in total. The predicted molar refractivity (Wildman–Crippen MR) is 136 cm³/mol. The van der Waals surface area contributed by atoms with Crippen molar-refractivity contribution in [3.8, 4) is 0 Å². The third-order valence-electron chi connectivity index (χ3n) is 7.70. The maximum atomic E-state index is 12.9. The van der Waals surface area contributed by atoms with Crippen LogP contribution in [0.25, 0.3) is 5.65 Å². The number of nitrogens with one attached hydrogen (secondary N) is 3. The second-order valence-electron chi connectivity index (χ2n) is 9.92. The number of hydrogen-bond donors (Lipinski definition) is 4. The molecule has 0 aromatic carbocycles. The van der Waals surface area contributed by atoms with Gasteiger partial charge in [0.25, 0.3) is 5.91 Å². The summed E-state index contributed by atoms with van der Waals surface area (Å²) in [5.74, 6) is 2.53. The monoisotopic (exact) mass is 492 g/mol. The summed E-state index contributed by atoms with van der Waals surface area (Å²) in [6.07, 6.45) is 6.85. The molecule has 36 heavy (non-hydrogen) atoms. The van der Waals surface area contributed by atoms with Gasteiger partial charge >= 0.3 is 0 Å². The molecule has 0 unspecified atom stereocenters. The number of carbonyl (C=O) groups excluding carboxylic acids is 1. The first-order chi connectivity index (χ1) is 17.5. The molecule has 2 saturated heterocycles. The van der Waals surface area contributed by atoms with Gasteiger partial charge in [-0.05, 0) is 50.7 Å². The van der Waals surface area contributed by atoms with Crippen molar-refractivity contribution in [2.45, 2.75) is 56.3 Å². The Hall–Kier alpha value is -3.44. The van der Waals surface area contributed by atoms with E-state index in [0.717, 1.165) is 57.6 Å². The maximum absolute atomic E-state index is 12.9. The number of aliphatic hydroxyl groups excluding tert-OH is 1. The Morgan fingerprint density at radius 3 is 2.72 bits per heavy atom. The lowest BCUT2D eigenvalue weighted by atomic mass is 9.89. The predicted octanol–water partition coefficient (Wildman–Crippen LogP) is 2.31. The second kappa shape index (κ2) is 9.21. The highest BCUT2D eigenvalue weighted by molar-refractivity contribution is 6.00. The molecule has 0 radical (unpaired) electrons. The Balaban J connectivity index is 1.22. The summed E-state index contributed by atoms with van der Waals surface area (Å²) in [6, 6.07) is 7.52. The van der Waals surface area contributed by atoms with Gasteiger partial charge in [0, 0.05) is 32.8 Å². The van der Waals surface area contributed by atoms with Crippen molar-refractivity contribution in [2.24, 2.45) is 0 Å². The molecule has 4 N–H and O–H groups in total. The van der Waals surface area contributed by atoms with Crippen LogP contribution in [0.4, 0.5) is 23.3 Å². The van der Waals surface area contributed by atoms with Crippen LogP contribution in [0, 0.1) is 0 Å². The number of carbonyl (C=O) groups is 1. The summed E-state index contributed by atoms with van der Waals surface area (Å²) in [5.41, 5.74) is 0.846. The van der Waals surface area contributed by atoms with E-state index in [-0.39, 0.29) is 17.6 Å². The molecule has 1 saturated carbocycles. The van der Waals surface area contributed by atoms with E-state index >= 15 is 0 Å².